The minimum Gasteiger partial charge on any atom is -0.346 e. The third-order valence-electron chi connectivity index (χ3n) is 5.28. The number of rotatable bonds is 6. The number of aryl methyl sites for hydroxylation is 1. The average molecular weight is 459 g/mol. The Morgan fingerprint density at radius 2 is 1.76 bits per heavy atom. The zero-order valence-corrected chi connectivity index (χ0v) is 19.1. The van der Waals surface area contributed by atoms with Gasteiger partial charge in [-0.25, -0.2) is 0 Å². The number of hydrogen-bond acceptors (Lipinski definition) is 3. The Hall–Kier alpha value is -3.90. The van der Waals surface area contributed by atoms with E-state index in [0.717, 1.165) is 22.8 Å². The first-order valence-electron chi connectivity index (χ1n) is 10.5. The Morgan fingerprint density at radius 3 is 2.52 bits per heavy atom. The minimum absolute atomic E-state index is 0.240. The quantitative estimate of drug-likeness (QED) is 0.410. The second-order valence-corrected chi connectivity index (χ2v) is 8.08. The minimum atomic E-state index is -0.248. The third kappa shape index (κ3) is 5.13. The predicted octanol–water partition coefficient (Wildman–Crippen LogP) is 5.32. The molecule has 0 fully saturated rings. The van der Waals surface area contributed by atoms with Gasteiger partial charge in [-0.2, -0.15) is 0 Å². The van der Waals surface area contributed by atoms with Crippen LogP contribution in [-0.2, 0) is 6.54 Å². The number of amides is 2. The number of aromatic nitrogens is 2. The summed E-state index contributed by atoms with van der Waals surface area (Å²) in [6.45, 7) is 4.16. The van der Waals surface area contributed by atoms with E-state index < -0.39 is 0 Å². The van der Waals surface area contributed by atoms with Gasteiger partial charge in [0.25, 0.3) is 11.8 Å². The number of nitrogens with zero attached hydrogens (tertiary/aromatic N) is 2. The number of carbonyl (C=O) groups excluding carboxylic acids is 2. The summed E-state index contributed by atoms with van der Waals surface area (Å²) in [6.07, 6.45) is 1.68. The fourth-order valence-corrected chi connectivity index (χ4v) is 3.90. The number of nitrogens with one attached hydrogen (secondary N) is 2. The summed E-state index contributed by atoms with van der Waals surface area (Å²) in [7, 11) is 0. The average Bonchev–Trinajstić information content (AvgIpc) is 3.12. The first-order chi connectivity index (χ1) is 15.9. The highest BCUT2D eigenvalue weighted by Crippen LogP contribution is 2.24. The molecule has 2 aromatic carbocycles. The molecule has 2 heterocycles. The zero-order chi connectivity index (χ0) is 23.4. The molecule has 0 aliphatic carbocycles. The van der Waals surface area contributed by atoms with Crippen molar-refractivity contribution in [1.29, 1.82) is 0 Å². The van der Waals surface area contributed by atoms with Crippen LogP contribution in [0.1, 0.15) is 37.8 Å². The third-order valence-corrected chi connectivity index (χ3v) is 5.52. The summed E-state index contributed by atoms with van der Waals surface area (Å²) in [5, 5.41) is 6.37. The SMILES string of the molecule is Cc1cc(C(=O)Nc2cccc(C(=O)NCc3ccccn3)c2)c(C)n1-c1cccc(Cl)c1. The zero-order valence-electron chi connectivity index (χ0n) is 18.3. The number of carbonyl (C=O) groups is 2. The largest absolute Gasteiger partial charge is 0.346 e. The van der Waals surface area contributed by atoms with Crippen LogP contribution in [0.5, 0.6) is 0 Å². The maximum atomic E-state index is 13.0. The van der Waals surface area contributed by atoms with Crippen LogP contribution >= 0.6 is 11.6 Å². The maximum absolute atomic E-state index is 13.0. The molecule has 166 valence electrons. The number of benzene rings is 2. The lowest BCUT2D eigenvalue weighted by molar-refractivity contribution is 0.0949. The van der Waals surface area contributed by atoms with Gasteiger partial charge in [0.05, 0.1) is 17.8 Å². The number of pyridine rings is 1. The van der Waals surface area contributed by atoms with Crippen LogP contribution in [0.2, 0.25) is 5.02 Å². The van der Waals surface area contributed by atoms with Crippen LogP contribution in [0.25, 0.3) is 5.69 Å². The molecule has 0 aliphatic heterocycles. The van der Waals surface area contributed by atoms with Gasteiger partial charge in [-0.3, -0.25) is 14.6 Å². The molecule has 7 heteroatoms. The smallest absolute Gasteiger partial charge is 0.257 e. The Balaban J connectivity index is 1.49. The summed E-state index contributed by atoms with van der Waals surface area (Å²) in [4.78, 5) is 29.8. The highest BCUT2D eigenvalue weighted by atomic mass is 35.5. The van der Waals surface area contributed by atoms with Crippen molar-refractivity contribution in [1.82, 2.24) is 14.9 Å². The van der Waals surface area contributed by atoms with Crippen molar-refractivity contribution in [3.8, 4) is 5.69 Å². The molecular weight excluding hydrogens is 436 g/mol. The first kappa shape index (κ1) is 22.3. The predicted molar refractivity (Wildman–Crippen MR) is 130 cm³/mol. The first-order valence-corrected chi connectivity index (χ1v) is 10.8. The molecule has 0 saturated heterocycles. The molecule has 0 radical (unpaired) electrons. The second-order valence-electron chi connectivity index (χ2n) is 7.64. The van der Waals surface area contributed by atoms with Gasteiger partial charge in [0.15, 0.2) is 0 Å². The van der Waals surface area contributed by atoms with E-state index in [0.29, 0.717) is 28.4 Å². The van der Waals surface area contributed by atoms with Crippen molar-refractivity contribution in [2.45, 2.75) is 20.4 Å². The number of hydrogen-bond donors (Lipinski definition) is 2. The lowest BCUT2D eigenvalue weighted by Crippen LogP contribution is -2.23. The van der Waals surface area contributed by atoms with E-state index in [9.17, 15) is 9.59 Å². The highest BCUT2D eigenvalue weighted by molar-refractivity contribution is 6.30. The highest BCUT2D eigenvalue weighted by Gasteiger charge is 2.17. The van der Waals surface area contributed by atoms with Crippen LogP contribution in [0.3, 0.4) is 0 Å². The van der Waals surface area contributed by atoms with E-state index in [1.807, 2.05) is 66.9 Å². The topological polar surface area (TPSA) is 76.0 Å². The molecule has 4 aromatic rings. The number of halogens is 1. The van der Waals surface area contributed by atoms with E-state index in [2.05, 4.69) is 15.6 Å². The number of anilines is 1. The maximum Gasteiger partial charge on any atom is 0.257 e. The van der Waals surface area contributed by atoms with Crippen molar-refractivity contribution in [3.05, 3.63) is 112 Å². The van der Waals surface area contributed by atoms with Crippen molar-refractivity contribution >= 4 is 29.1 Å². The monoisotopic (exact) mass is 458 g/mol. The summed E-state index contributed by atoms with van der Waals surface area (Å²) in [6, 6.07) is 21.7. The molecule has 33 heavy (non-hydrogen) atoms. The van der Waals surface area contributed by atoms with Gasteiger partial charge in [-0.1, -0.05) is 29.8 Å². The molecule has 0 aliphatic rings. The Bertz CT molecular complexity index is 1320. The molecule has 2 N–H and O–H groups in total. The van der Waals surface area contributed by atoms with Gasteiger partial charge in [0.2, 0.25) is 0 Å². The van der Waals surface area contributed by atoms with Crippen molar-refractivity contribution in [2.75, 3.05) is 5.32 Å². The van der Waals surface area contributed by atoms with E-state index >= 15 is 0 Å². The van der Waals surface area contributed by atoms with Gasteiger partial charge in [0, 0.05) is 39.5 Å². The summed E-state index contributed by atoms with van der Waals surface area (Å²) in [5.74, 6) is -0.488. The lowest BCUT2D eigenvalue weighted by atomic mass is 10.1. The second kappa shape index (κ2) is 9.71. The molecule has 2 aromatic heterocycles. The standard InChI is InChI=1S/C26H23ClN4O2/c1-17-13-24(18(2)31(17)23-11-6-8-20(27)15-23)26(33)30-21-10-5-7-19(14-21)25(32)29-16-22-9-3-4-12-28-22/h3-15H,16H2,1-2H3,(H,29,32)(H,30,33). The van der Waals surface area contributed by atoms with Gasteiger partial charge < -0.3 is 15.2 Å². The normalized spacial score (nSPS) is 10.6. The van der Waals surface area contributed by atoms with E-state index in [-0.39, 0.29) is 11.8 Å². The van der Waals surface area contributed by atoms with Gasteiger partial charge in [-0.15, -0.1) is 0 Å². The van der Waals surface area contributed by atoms with Crippen molar-refractivity contribution < 1.29 is 9.59 Å². The van der Waals surface area contributed by atoms with E-state index in [4.69, 9.17) is 11.6 Å². The van der Waals surface area contributed by atoms with Crippen LogP contribution < -0.4 is 10.6 Å². The van der Waals surface area contributed by atoms with Crippen molar-refractivity contribution in [2.24, 2.45) is 0 Å². The molecule has 0 spiro atoms. The van der Waals surface area contributed by atoms with Gasteiger partial charge in [-0.05, 0) is 68.4 Å². The van der Waals surface area contributed by atoms with Crippen LogP contribution in [0, 0.1) is 13.8 Å². The molecule has 2 amide bonds. The molecule has 4 rings (SSSR count). The Morgan fingerprint density at radius 1 is 0.939 bits per heavy atom. The summed E-state index contributed by atoms with van der Waals surface area (Å²) in [5.41, 5.74) is 4.93. The molecule has 0 saturated carbocycles. The molecular formula is C26H23ClN4O2. The van der Waals surface area contributed by atoms with E-state index in [1.165, 1.54) is 0 Å². The molecule has 6 nitrogen and oxygen atoms in total. The molecule has 0 bridgehead atoms. The fourth-order valence-electron chi connectivity index (χ4n) is 3.72. The Labute approximate surface area is 197 Å². The lowest BCUT2D eigenvalue weighted by Gasteiger charge is -2.11. The molecule has 0 unspecified atom stereocenters. The van der Waals surface area contributed by atoms with Crippen LogP contribution in [0.15, 0.2) is 79.0 Å². The molecule has 0 atom stereocenters. The summed E-state index contributed by atoms with van der Waals surface area (Å²) < 4.78 is 1.99. The van der Waals surface area contributed by atoms with E-state index in [1.54, 1.807) is 30.5 Å². The fraction of sp³-hybridized carbons (Fsp3) is 0.115. The van der Waals surface area contributed by atoms with Gasteiger partial charge >= 0.3 is 0 Å². The van der Waals surface area contributed by atoms with Crippen LogP contribution in [-0.4, -0.2) is 21.4 Å². The van der Waals surface area contributed by atoms with Gasteiger partial charge in [0.1, 0.15) is 0 Å². The Kier molecular flexibility index (Phi) is 6.56. The van der Waals surface area contributed by atoms with Crippen LogP contribution in [0.4, 0.5) is 5.69 Å². The summed E-state index contributed by atoms with van der Waals surface area (Å²) >= 11 is 6.14. The van der Waals surface area contributed by atoms with Crippen molar-refractivity contribution in [3.63, 3.8) is 0 Å².